The quantitative estimate of drug-likeness (QED) is 0.799. The van der Waals surface area contributed by atoms with Gasteiger partial charge in [-0.25, -0.2) is 0 Å². The van der Waals surface area contributed by atoms with Crippen LogP contribution >= 0.6 is 0 Å². The maximum Gasteiger partial charge on any atom is 0.222 e. The smallest absolute Gasteiger partial charge is 0.222 e. The van der Waals surface area contributed by atoms with Gasteiger partial charge in [0.1, 0.15) is 18.1 Å². The van der Waals surface area contributed by atoms with Crippen LogP contribution in [0.2, 0.25) is 0 Å². The predicted molar refractivity (Wildman–Crippen MR) is 68.7 cm³/mol. The van der Waals surface area contributed by atoms with Gasteiger partial charge in [-0.3, -0.25) is 4.79 Å². The van der Waals surface area contributed by atoms with E-state index in [0.29, 0.717) is 36.8 Å². The van der Waals surface area contributed by atoms with Gasteiger partial charge in [0.15, 0.2) is 0 Å². The summed E-state index contributed by atoms with van der Waals surface area (Å²) >= 11 is 0. The second-order valence-electron chi connectivity index (χ2n) is 4.24. The Morgan fingerprint density at radius 3 is 2.94 bits per heavy atom. The topological polar surface area (TPSA) is 64.8 Å². The summed E-state index contributed by atoms with van der Waals surface area (Å²) < 4.78 is 10.7. The number of nitrogen functional groups attached to an aromatic ring is 1. The van der Waals surface area contributed by atoms with Crippen LogP contribution in [0.3, 0.4) is 0 Å². The van der Waals surface area contributed by atoms with Crippen LogP contribution in [0.5, 0.6) is 11.5 Å². The lowest BCUT2D eigenvalue weighted by Crippen LogP contribution is -2.29. The second-order valence-corrected chi connectivity index (χ2v) is 4.24. The van der Waals surface area contributed by atoms with E-state index in [1.807, 2.05) is 4.90 Å². The van der Waals surface area contributed by atoms with Crippen LogP contribution in [0.15, 0.2) is 18.2 Å². The van der Waals surface area contributed by atoms with Gasteiger partial charge in [-0.15, -0.1) is 0 Å². The van der Waals surface area contributed by atoms with Crippen LogP contribution in [-0.4, -0.2) is 37.6 Å². The summed E-state index contributed by atoms with van der Waals surface area (Å²) in [5.41, 5.74) is 6.30. The molecule has 0 bridgehead atoms. The minimum absolute atomic E-state index is 0.216. The fourth-order valence-electron chi connectivity index (χ4n) is 2.00. The Morgan fingerprint density at radius 2 is 2.28 bits per heavy atom. The first-order valence-corrected chi connectivity index (χ1v) is 6.05. The van der Waals surface area contributed by atoms with Gasteiger partial charge in [-0.05, 0) is 18.6 Å². The lowest BCUT2D eigenvalue weighted by atomic mass is 10.3. The number of hydrogen-bond donors (Lipinski definition) is 1. The average Bonchev–Trinajstić information content (AvgIpc) is 2.77. The highest BCUT2D eigenvalue weighted by molar-refractivity contribution is 5.78. The molecule has 1 aliphatic rings. The monoisotopic (exact) mass is 250 g/mol. The SMILES string of the molecule is COc1cc(OCCN2CCCC2=O)ccc1N. The van der Waals surface area contributed by atoms with Gasteiger partial charge >= 0.3 is 0 Å². The summed E-state index contributed by atoms with van der Waals surface area (Å²) in [6.07, 6.45) is 1.62. The molecule has 0 atom stereocenters. The van der Waals surface area contributed by atoms with Crippen molar-refractivity contribution in [1.82, 2.24) is 4.90 Å². The van der Waals surface area contributed by atoms with E-state index in [1.165, 1.54) is 0 Å². The van der Waals surface area contributed by atoms with E-state index in [-0.39, 0.29) is 5.91 Å². The number of amides is 1. The first-order valence-electron chi connectivity index (χ1n) is 6.05. The molecule has 0 aromatic heterocycles. The molecular weight excluding hydrogens is 232 g/mol. The standard InChI is InChI=1S/C13H18N2O3/c1-17-12-9-10(4-5-11(12)14)18-8-7-15-6-2-3-13(15)16/h4-5,9H,2-3,6-8,14H2,1H3. The van der Waals surface area contributed by atoms with Crippen molar-refractivity contribution in [2.75, 3.05) is 32.5 Å². The molecule has 1 aliphatic heterocycles. The van der Waals surface area contributed by atoms with Crippen molar-refractivity contribution >= 4 is 11.6 Å². The number of carbonyl (C=O) groups is 1. The summed E-state index contributed by atoms with van der Waals surface area (Å²) in [6.45, 7) is 1.96. The van der Waals surface area contributed by atoms with Gasteiger partial charge < -0.3 is 20.1 Å². The van der Waals surface area contributed by atoms with E-state index in [9.17, 15) is 4.79 Å². The lowest BCUT2D eigenvalue weighted by molar-refractivity contribution is -0.128. The average molecular weight is 250 g/mol. The van der Waals surface area contributed by atoms with Crippen molar-refractivity contribution in [2.24, 2.45) is 0 Å². The molecule has 1 aromatic carbocycles. The van der Waals surface area contributed by atoms with Crippen molar-refractivity contribution < 1.29 is 14.3 Å². The molecule has 2 rings (SSSR count). The van der Waals surface area contributed by atoms with E-state index >= 15 is 0 Å². The van der Waals surface area contributed by atoms with Crippen LogP contribution in [-0.2, 0) is 4.79 Å². The summed E-state index contributed by atoms with van der Waals surface area (Å²) in [7, 11) is 1.57. The summed E-state index contributed by atoms with van der Waals surface area (Å²) in [4.78, 5) is 13.2. The number of anilines is 1. The van der Waals surface area contributed by atoms with Gasteiger partial charge in [-0.2, -0.15) is 0 Å². The highest BCUT2D eigenvalue weighted by atomic mass is 16.5. The van der Waals surface area contributed by atoms with Gasteiger partial charge in [0, 0.05) is 19.0 Å². The highest BCUT2D eigenvalue weighted by Gasteiger charge is 2.19. The predicted octanol–water partition coefficient (Wildman–Crippen LogP) is 1.28. The zero-order valence-corrected chi connectivity index (χ0v) is 10.5. The Morgan fingerprint density at radius 1 is 1.44 bits per heavy atom. The van der Waals surface area contributed by atoms with Crippen molar-refractivity contribution in [2.45, 2.75) is 12.8 Å². The maximum absolute atomic E-state index is 11.4. The largest absolute Gasteiger partial charge is 0.494 e. The van der Waals surface area contributed by atoms with Gasteiger partial charge in [0.25, 0.3) is 0 Å². The Hall–Kier alpha value is -1.91. The number of carbonyl (C=O) groups excluding carboxylic acids is 1. The zero-order valence-electron chi connectivity index (χ0n) is 10.5. The van der Waals surface area contributed by atoms with E-state index < -0.39 is 0 Å². The molecule has 1 aromatic rings. The summed E-state index contributed by atoms with van der Waals surface area (Å²) in [5.74, 6) is 1.52. The molecule has 0 radical (unpaired) electrons. The third-order valence-corrected chi connectivity index (χ3v) is 3.01. The van der Waals surface area contributed by atoms with Crippen LogP contribution in [0.25, 0.3) is 0 Å². The third kappa shape index (κ3) is 2.85. The molecule has 0 saturated carbocycles. The van der Waals surface area contributed by atoms with Gasteiger partial charge in [0.05, 0.1) is 19.3 Å². The van der Waals surface area contributed by atoms with Crippen molar-refractivity contribution in [3.8, 4) is 11.5 Å². The molecule has 18 heavy (non-hydrogen) atoms. The van der Waals surface area contributed by atoms with Crippen LogP contribution < -0.4 is 15.2 Å². The maximum atomic E-state index is 11.4. The zero-order chi connectivity index (χ0) is 13.0. The molecule has 5 nitrogen and oxygen atoms in total. The number of benzene rings is 1. The number of methoxy groups -OCH3 is 1. The molecule has 2 N–H and O–H groups in total. The first-order chi connectivity index (χ1) is 8.70. The van der Waals surface area contributed by atoms with Crippen LogP contribution in [0.4, 0.5) is 5.69 Å². The second kappa shape index (κ2) is 5.62. The summed E-state index contributed by atoms with van der Waals surface area (Å²) in [6, 6.07) is 5.29. The molecule has 1 saturated heterocycles. The van der Waals surface area contributed by atoms with Crippen LogP contribution in [0, 0.1) is 0 Å². The third-order valence-electron chi connectivity index (χ3n) is 3.01. The molecule has 1 heterocycles. The van der Waals surface area contributed by atoms with Gasteiger partial charge in [-0.1, -0.05) is 0 Å². The number of hydrogen-bond acceptors (Lipinski definition) is 4. The number of rotatable bonds is 5. The molecule has 1 fully saturated rings. The van der Waals surface area contributed by atoms with E-state index in [0.717, 1.165) is 13.0 Å². The number of ether oxygens (including phenoxy) is 2. The van der Waals surface area contributed by atoms with E-state index in [4.69, 9.17) is 15.2 Å². The number of nitrogens with zero attached hydrogens (tertiary/aromatic N) is 1. The normalized spacial score (nSPS) is 14.9. The highest BCUT2D eigenvalue weighted by Crippen LogP contribution is 2.26. The van der Waals surface area contributed by atoms with Crippen molar-refractivity contribution in [1.29, 1.82) is 0 Å². The van der Waals surface area contributed by atoms with Gasteiger partial charge in [0.2, 0.25) is 5.91 Å². The van der Waals surface area contributed by atoms with Crippen molar-refractivity contribution in [3.05, 3.63) is 18.2 Å². The van der Waals surface area contributed by atoms with E-state index in [1.54, 1.807) is 25.3 Å². The Kier molecular flexibility index (Phi) is 3.92. The molecule has 0 spiro atoms. The molecule has 1 amide bonds. The Balaban J connectivity index is 1.84. The fraction of sp³-hybridized carbons (Fsp3) is 0.462. The Labute approximate surface area is 106 Å². The minimum atomic E-state index is 0.216. The molecule has 0 aliphatic carbocycles. The molecular formula is C13H18N2O3. The lowest BCUT2D eigenvalue weighted by Gasteiger charge is -2.16. The first kappa shape index (κ1) is 12.5. The van der Waals surface area contributed by atoms with E-state index in [2.05, 4.69) is 0 Å². The fourth-order valence-corrected chi connectivity index (χ4v) is 2.00. The number of likely N-dealkylation sites (tertiary alicyclic amines) is 1. The Bertz CT molecular complexity index is 434. The molecule has 5 heteroatoms. The molecule has 0 unspecified atom stereocenters. The van der Waals surface area contributed by atoms with Crippen molar-refractivity contribution in [3.63, 3.8) is 0 Å². The number of nitrogens with two attached hydrogens (primary N) is 1. The molecule has 98 valence electrons. The van der Waals surface area contributed by atoms with Crippen LogP contribution in [0.1, 0.15) is 12.8 Å². The summed E-state index contributed by atoms with van der Waals surface area (Å²) in [5, 5.41) is 0. The minimum Gasteiger partial charge on any atom is -0.494 e.